The lowest BCUT2D eigenvalue weighted by Gasteiger charge is -2.10. The summed E-state index contributed by atoms with van der Waals surface area (Å²) in [5.74, 6) is -0.195. The minimum absolute atomic E-state index is 0.0993. The number of halogens is 1. The van der Waals surface area contributed by atoms with Gasteiger partial charge in [-0.15, -0.1) is 0 Å². The third-order valence-corrected chi connectivity index (χ3v) is 4.00. The fraction of sp³-hybridized carbons (Fsp3) is 0.158. The maximum Gasteiger partial charge on any atom is 0.311 e. The van der Waals surface area contributed by atoms with Crippen LogP contribution < -0.4 is 9.47 Å². The number of hydrogen-bond acceptors (Lipinski definition) is 6. The summed E-state index contributed by atoms with van der Waals surface area (Å²) < 4.78 is 24.1. The molecule has 0 bridgehead atoms. The molecule has 0 saturated heterocycles. The molecule has 0 spiro atoms. The van der Waals surface area contributed by atoms with Crippen molar-refractivity contribution in [2.75, 3.05) is 14.2 Å². The second kappa shape index (κ2) is 7.77. The summed E-state index contributed by atoms with van der Waals surface area (Å²) in [7, 11) is 2.77. The highest BCUT2D eigenvalue weighted by Gasteiger charge is 2.16. The molecule has 3 rings (SSSR count). The predicted molar refractivity (Wildman–Crippen MR) is 96.4 cm³/mol. The first-order chi connectivity index (χ1) is 13.0. The second-order valence-electron chi connectivity index (χ2n) is 5.66. The Labute approximate surface area is 154 Å². The maximum atomic E-state index is 13.9. The Hall–Kier alpha value is -3.55. The molecule has 0 unspecified atom stereocenters. The Morgan fingerprint density at radius 1 is 1.11 bits per heavy atom. The van der Waals surface area contributed by atoms with E-state index in [1.165, 1.54) is 32.7 Å². The molecule has 7 nitrogen and oxygen atoms in total. The van der Waals surface area contributed by atoms with Crippen LogP contribution in [-0.4, -0.2) is 29.1 Å². The van der Waals surface area contributed by atoms with E-state index in [1.54, 1.807) is 30.3 Å². The normalized spacial score (nSPS) is 10.5. The number of hydrogen-bond donors (Lipinski definition) is 0. The molecule has 0 atom stereocenters. The quantitative estimate of drug-likeness (QED) is 0.485. The highest BCUT2D eigenvalue weighted by atomic mass is 19.1. The van der Waals surface area contributed by atoms with Gasteiger partial charge in [0, 0.05) is 23.7 Å². The monoisotopic (exact) mass is 369 g/mol. The summed E-state index contributed by atoms with van der Waals surface area (Å²) in [6.45, 7) is 0. The van der Waals surface area contributed by atoms with Gasteiger partial charge in [0.1, 0.15) is 6.33 Å². The molecule has 3 aromatic rings. The Morgan fingerprint density at radius 3 is 2.63 bits per heavy atom. The summed E-state index contributed by atoms with van der Waals surface area (Å²) in [5.41, 5.74) is 2.21. The van der Waals surface area contributed by atoms with Crippen LogP contribution in [0.1, 0.15) is 11.3 Å². The van der Waals surface area contributed by atoms with Crippen LogP contribution in [0.25, 0.3) is 11.3 Å². The number of ether oxygens (including phenoxy) is 2. The fourth-order valence-corrected chi connectivity index (χ4v) is 2.76. The molecule has 0 aliphatic heterocycles. The molecule has 0 aliphatic rings. The van der Waals surface area contributed by atoms with Gasteiger partial charge in [0.15, 0.2) is 17.3 Å². The summed E-state index contributed by atoms with van der Waals surface area (Å²) >= 11 is 0. The lowest BCUT2D eigenvalue weighted by atomic mass is 10.1. The molecule has 2 aromatic carbocycles. The van der Waals surface area contributed by atoms with Gasteiger partial charge in [0.2, 0.25) is 0 Å². The highest BCUT2D eigenvalue weighted by molar-refractivity contribution is 5.67. The predicted octanol–water partition coefficient (Wildman–Crippen LogP) is 3.80. The zero-order chi connectivity index (χ0) is 19.4. The van der Waals surface area contributed by atoms with E-state index in [2.05, 4.69) is 9.97 Å². The zero-order valence-corrected chi connectivity index (χ0v) is 14.7. The average Bonchev–Trinajstić information content (AvgIpc) is 2.68. The van der Waals surface area contributed by atoms with Crippen molar-refractivity contribution in [3.05, 3.63) is 76.0 Å². The molecule has 1 aromatic heterocycles. The second-order valence-corrected chi connectivity index (χ2v) is 5.66. The van der Waals surface area contributed by atoms with Gasteiger partial charge >= 0.3 is 5.69 Å². The van der Waals surface area contributed by atoms with Crippen molar-refractivity contribution in [3.8, 4) is 22.8 Å². The number of rotatable bonds is 6. The lowest BCUT2D eigenvalue weighted by Crippen LogP contribution is -1.99. The van der Waals surface area contributed by atoms with Gasteiger partial charge in [-0.25, -0.2) is 14.4 Å². The number of nitrogens with zero attached hydrogens (tertiary/aromatic N) is 3. The first kappa shape index (κ1) is 18.2. The molecule has 138 valence electrons. The van der Waals surface area contributed by atoms with Gasteiger partial charge < -0.3 is 9.47 Å². The van der Waals surface area contributed by atoms with Crippen molar-refractivity contribution < 1.29 is 18.8 Å². The third-order valence-electron chi connectivity index (χ3n) is 4.00. The SMILES string of the molecule is COc1ccc(Cc2cc(-c3cccc(F)c3OC)ncn2)cc1[N+](=O)[O-]. The Morgan fingerprint density at radius 2 is 1.93 bits per heavy atom. The first-order valence-corrected chi connectivity index (χ1v) is 7.98. The number of methoxy groups -OCH3 is 2. The summed E-state index contributed by atoms with van der Waals surface area (Å²) in [6.07, 6.45) is 1.71. The van der Waals surface area contributed by atoms with Gasteiger partial charge in [0.25, 0.3) is 0 Å². The van der Waals surface area contributed by atoms with Crippen molar-refractivity contribution >= 4 is 5.69 Å². The number of nitro groups is 1. The highest BCUT2D eigenvalue weighted by Crippen LogP contribution is 2.32. The summed E-state index contributed by atoms with van der Waals surface area (Å²) in [5, 5.41) is 11.2. The summed E-state index contributed by atoms with van der Waals surface area (Å²) in [6, 6.07) is 11.0. The van der Waals surface area contributed by atoms with Gasteiger partial charge in [-0.3, -0.25) is 10.1 Å². The van der Waals surface area contributed by atoms with Gasteiger partial charge in [-0.1, -0.05) is 12.1 Å². The summed E-state index contributed by atoms with van der Waals surface area (Å²) in [4.78, 5) is 19.1. The number of aromatic nitrogens is 2. The van der Waals surface area contributed by atoms with Gasteiger partial charge in [-0.05, 0) is 29.8 Å². The molecule has 27 heavy (non-hydrogen) atoms. The first-order valence-electron chi connectivity index (χ1n) is 7.98. The molecule has 1 heterocycles. The van der Waals surface area contributed by atoms with Crippen molar-refractivity contribution in [1.29, 1.82) is 0 Å². The van der Waals surface area contributed by atoms with Crippen LogP contribution in [0.2, 0.25) is 0 Å². The van der Waals surface area contributed by atoms with Crippen molar-refractivity contribution in [3.63, 3.8) is 0 Å². The molecule has 0 radical (unpaired) electrons. The zero-order valence-electron chi connectivity index (χ0n) is 14.7. The third kappa shape index (κ3) is 3.84. The Kier molecular flexibility index (Phi) is 5.25. The van der Waals surface area contributed by atoms with E-state index < -0.39 is 10.7 Å². The van der Waals surface area contributed by atoms with E-state index >= 15 is 0 Å². The van der Waals surface area contributed by atoms with Crippen LogP contribution in [0.15, 0.2) is 48.8 Å². The lowest BCUT2D eigenvalue weighted by molar-refractivity contribution is -0.385. The molecular formula is C19H16FN3O4. The van der Waals surface area contributed by atoms with Crippen molar-refractivity contribution in [2.24, 2.45) is 0 Å². The van der Waals surface area contributed by atoms with E-state index in [-0.39, 0.29) is 17.2 Å². The molecule has 0 saturated carbocycles. The average molecular weight is 369 g/mol. The fourth-order valence-electron chi connectivity index (χ4n) is 2.76. The van der Waals surface area contributed by atoms with E-state index in [4.69, 9.17) is 9.47 Å². The minimum atomic E-state index is -0.495. The van der Waals surface area contributed by atoms with Crippen LogP contribution in [0.5, 0.6) is 11.5 Å². The van der Waals surface area contributed by atoms with Crippen LogP contribution in [-0.2, 0) is 6.42 Å². The van der Waals surface area contributed by atoms with Gasteiger partial charge in [0.05, 0.1) is 24.8 Å². The van der Waals surface area contributed by atoms with E-state index in [1.807, 2.05) is 0 Å². The van der Waals surface area contributed by atoms with Gasteiger partial charge in [-0.2, -0.15) is 0 Å². The molecule has 0 aliphatic carbocycles. The van der Waals surface area contributed by atoms with Crippen LogP contribution in [0.4, 0.5) is 10.1 Å². The Balaban J connectivity index is 1.95. The smallest absolute Gasteiger partial charge is 0.311 e. The topological polar surface area (TPSA) is 87.4 Å². The number of nitro benzene ring substituents is 1. The van der Waals surface area contributed by atoms with Crippen LogP contribution >= 0.6 is 0 Å². The van der Waals surface area contributed by atoms with Crippen molar-refractivity contribution in [2.45, 2.75) is 6.42 Å². The maximum absolute atomic E-state index is 13.9. The molecule has 0 fully saturated rings. The van der Waals surface area contributed by atoms with Crippen LogP contribution in [0.3, 0.4) is 0 Å². The Bertz CT molecular complexity index is 994. The number of benzene rings is 2. The molecule has 0 amide bonds. The van der Waals surface area contributed by atoms with Crippen LogP contribution in [0, 0.1) is 15.9 Å². The molecule has 8 heteroatoms. The molecular weight excluding hydrogens is 353 g/mol. The van der Waals surface area contributed by atoms with E-state index in [0.29, 0.717) is 28.9 Å². The number of para-hydroxylation sites is 1. The van der Waals surface area contributed by atoms with E-state index in [0.717, 1.165) is 0 Å². The standard InChI is InChI=1S/C19H16FN3O4/c1-26-18-7-6-12(9-17(18)23(24)25)8-13-10-16(22-11-21-13)14-4-3-5-15(20)19(14)27-2/h3-7,9-11H,8H2,1-2H3. The largest absolute Gasteiger partial charge is 0.493 e. The molecule has 0 N–H and O–H groups in total. The minimum Gasteiger partial charge on any atom is -0.493 e. The van der Waals surface area contributed by atoms with Crippen molar-refractivity contribution in [1.82, 2.24) is 9.97 Å². The van der Waals surface area contributed by atoms with E-state index in [9.17, 15) is 14.5 Å².